The first-order valence-corrected chi connectivity index (χ1v) is 6.94. The zero-order valence-corrected chi connectivity index (χ0v) is 11.9. The summed E-state index contributed by atoms with van der Waals surface area (Å²) in [7, 11) is 1.44. The van der Waals surface area contributed by atoms with Gasteiger partial charge in [0.15, 0.2) is 6.10 Å². The van der Waals surface area contributed by atoms with Crippen LogP contribution in [-0.4, -0.2) is 47.8 Å². The Labute approximate surface area is 116 Å². The molecular weight excluding hydrogens is 266 g/mol. The summed E-state index contributed by atoms with van der Waals surface area (Å²) < 4.78 is 5.48. The standard InChI is InChI=1S/C13H17NO4S/c1-9(13(17)14(2)8-12(15)16)18-10-4-6-11(19-3)7-5-10/h4-7,9H,8H2,1-3H3,(H,15,16). The second-order valence-electron chi connectivity index (χ2n) is 4.02. The average Bonchev–Trinajstić information content (AvgIpc) is 2.37. The molecule has 0 saturated carbocycles. The molecule has 1 N–H and O–H groups in total. The summed E-state index contributed by atoms with van der Waals surface area (Å²) >= 11 is 1.62. The minimum Gasteiger partial charge on any atom is -0.481 e. The van der Waals surface area contributed by atoms with E-state index in [4.69, 9.17) is 9.84 Å². The predicted octanol–water partition coefficient (Wildman–Crippen LogP) is 1.72. The van der Waals surface area contributed by atoms with Crippen LogP contribution in [0.25, 0.3) is 0 Å². The molecule has 0 fully saturated rings. The number of carboxylic acids is 1. The molecule has 0 aliphatic heterocycles. The summed E-state index contributed by atoms with van der Waals surface area (Å²) in [5, 5.41) is 8.62. The number of nitrogens with zero attached hydrogens (tertiary/aromatic N) is 1. The minimum absolute atomic E-state index is 0.335. The van der Waals surface area contributed by atoms with Crippen LogP contribution < -0.4 is 4.74 Å². The lowest BCUT2D eigenvalue weighted by molar-refractivity contribution is -0.146. The number of likely N-dealkylation sites (N-methyl/N-ethyl adjacent to an activating group) is 1. The minimum atomic E-state index is -1.05. The Hall–Kier alpha value is -1.69. The molecule has 1 rings (SSSR count). The van der Waals surface area contributed by atoms with Gasteiger partial charge >= 0.3 is 5.97 Å². The van der Waals surface area contributed by atoms with Crippen molar-refractivity contribution in [2.75, 3.05) is 19.8 Å². The molecule has 0 radical (unpaired) electrons. The van der Waals surface area contributed by atoms with Gasteiger partial charge in [-0.2, -0.15) is 0 Å². The fraction of sp³-hybridized carbons (Fsp3) is 0.385. The van der Waals surface area contributed by atoms with Gasteiger partial charge in [0.05, 0.1) is 0 Å². The Morgan fingerprint density at radius 1 is 1.37 bits per heavy atom. The molecule has 6 heteroatoms. The van der Waals surface area contributed by atoms with Crippen molar-refractivity contribution >= 4 is 23.6 Å². The first kappa shape index (κ1) is 15.4. The number of carboxylic acid groups (broad SMARTS) is 1. The van der Waals surface area contributed by atoms with Crippen LogP contribution in [0.5, 0.6) is 5.75 Å². The van der Waals surface area contributed by atoms with Crippen LogP contribution in [0.15, 0.2) is 29.2 Å². The van der Waals surface area contributed by atoms with Gasteiger partial charge in [-0.25, -0.2) is 0 Å². The summed E-state index contributed by atoms with van der Waals surface area (Å²) in [6.07, 6.45) is 1.26. The molecular formula is C13H17NO4S. The van der Waals surface area contributed by atoms with Crippen LogP contribution in [0.3, 0.4) is 0 Å². The third kappa shape index (κ3) is 4.82. The highest BCUT2D eigenvalue weighted by molar-refractivity contribution is 7.98. The molecule has 1 unspecified atom stereocenters. The summed E-state index contributed by atoms with van der Waals surface area (Å²) in [5.41, 5.74) is 0. The fourth-order valence-electron chi connectivity index (χ4n) is 1.50. The van der Waals surface area contributed by atoms with Crippen molar-refractivity contribution in [1.82, 2.24) is 4.90 Å². The van der Waals surface area contributed by atoms with E-state index in [0.29, 0.717) is 5.75 Å². The van der Waals surface area contributed by atoms with Crippen molar-refractivity contribution in [2.45, 2.75) is 17.9 Å². The molecule has 0 spiro atoms. The van der Waals surface area contributed by atoms with Gasteiger partial charge in [0.1, 0.15) is 12.3 Å². The maximum Gasteiger partial charge on any atom is 0.323 e. The fourth-order valence-corrected chi connectivity index (χ4v) is 1.91. The van der Waals surface area contributed by atoms with Crippen LogP contribution in [0.1, 0.15) is 6.92 Å². The Morgan fingerprint density at radius 3 is 2.42 bits per heavy atom. The number of benzene rings is 1. The third-order valence-electron chi connectivity index (χ3n) is 2.47. The molecule has 19 heavy (non-hydrogen) atoms. The van der Waals surface area contributed by atoms with Crippen LogP contribution in [0, 0.1) is 0 Å². The van der Waals surface area contributed by atoms with E-state index in [2.05, 4.69) is 0 Å². The van der Waals surface area contributed by atoms with Crippen molar-refractivity contribution in [3.8, 4) is 5.75 Å². The van der Waals surface area contributed by atoms with E-state index in [0.717, 1.165) is 9.80 Å². The van der Waals surface area contributed by atoms with Crippen molar-refractivity contribution < 1.29 is 19.4 Å². The lowest BCUT2D eigenvalue weighted by Gasteiger charge is -2.20. The Kier molecular flexibility index (Phi) is 5.69. The van der Waals surface area contributed by atoms with Crippen LogP contribution in [0.2, 0.25) is 0 Å². The van der Waals surface area contributed by atoms with Gasteiger partial charge in [0.25, 0.3) is 5.91 Å². The normalized spacial score (nSPS) is 11.7. The van der Waals surface area contributed by atoms with Gasteiger partial charge in [-0.3, -0.25) is 9.59 Å². The first-order chi connectivity index (χ1) is 8.93. The molecule has 0 aromatic heterocycles. The molecule has 104 valence electrons. The van der Waals surface area contributed by atoms with Crippen LogP contribution in [-0.2, 0) is 9.59 Å². The van der Waals surface area contributed by atoms with Gasteiger partial charge in [-0.05, 0) is 37.4 Å². The highest BCUT2D eigenvalue weighted by Gasteiger charge is 2.20. The zero-order chi connectivity index (χ0) is 14.4. The molecule has 0 aliphatic carbocycles. The van der Waals surface area contributed by atoms with E-state index in [-0.39, 0.29) is 12.5 Å². The third-order valence-corrected chi connectivity index (χ3v) is 3.21. The topological polar surface area (TPSA) is 66.8 Å². The molecule has 1 atom stereocenters. The molecule has 1 amide bonds. The maximum absolute atomic E-state index is 11.8. The number of hydrogen-bond donors (Lipinski definition) is 1. The van der Waals surface area contributed by atoms with Crippen molar-refractivity contribution in [2.24, 2.45) is 0 Å². The average molecular weight is 283 g/mol. The van der Waals surface area contributed by atoms with Gasteiger partial charge in [-0.1, -0.05) is 0 Å². The number of carbonyl (C=O) groups is 2. The van der Waals surface area contributed by atoms with Crippen LogP contribution in [0.4, 0.5) is 0 Å². The molecule has 0 heterocycles. The first-order valence-electron chi connectivity index (χ1n) is 5.71. The van der Waals surface area contributed by atoms with E-state index in [1.54, 1.807) is 30.8 Å². The van der Waals surface area contributed by atoms with E-state index in [1.165, 1.54) is 7.05 Å². The summed E-state index contributed by atoms with van der Waals surface area (Å²) in [6.45, 7) is 1.26. The molecule has 0 aliphatic rings. The van der Waals surface area contributed by atoms with E-state index in [9.17, 15) is 9.59 Å². The lowest BCUT2D eigenvalue weighted by Crippen LogP contribution is -2.40. The number of carbonyl (C=O) groups excluding carboxylic acids is 1. The van der Waals surface area contributed by atoms with E-state index >= 15 is 0 Å². The Balaban J connectivity index is 2.60. The van der Waals surface area contributed by atoms with Crippen molar-refractivity contribution in [1.29, 1.82) is 0 Å². The Bertz CT molecular complexity index is 446. The number of ether oxygens (including phenoxy) is 1. The molecule has 0 bridgehead atoms. The Morgan fingerprint density at radius 2 is 1.95 bits per heavy atom. The maximum atomic E-state index is 11.8. The van der Waals surface area contributed by atoms with Crippen LogP contribution >= 0.6 is 11.8 Å². The van der Waals surface area contributed by atoms with E-state index < -0.39 is 12.1 Å². The SMILES string of the molecule is CSc1ccc(OC(C)C(=O)N(C)CC(=O)O)cc1. The van der Waals surface area contributed by atoms with Crippen molar-refractivity contribution in [3.05, 3.63) is 24.3 Å². The lowest BCUT2D eigenvalue weighted by atomic mass is 10.3. The zero-order valence-electron chi connectivity index (χ0n) is 11.1. The number of hydrogen-bond acceptors (Lipinski definition) is 4. The molecule has 0 saturated heterocycles. The molecule has 1 aromatic rings. The largest absolute Gasteiger partial charge is 0.481 e. The second-order valence-corrected chi connectivity index (χ2v) is 4.90. The number of rotatable bonds is 6. The van der Waals surface area contributed by atoms with Crippen molar-refractivity contribution in [3.63, 3.8) is 0 Å². The molecule has 1 aromatic carbocycles. The summed E-state index contributed by atoms with van der Waals surface area (Å²) in [6, 6.07) is 7.37. The number of amides is 1. The van der Waals surface area contributed by atoms with Gasteiger partial charge in [0.2, 0.25) is 0 Å². The highest BCUT2D eigenvalue weighted by Crippen LogP contribution is 2.20. The van der Waals surface area contributed by atoms with E-state index in [1.807, 2.05) is 18.4 Å². The quantitative estimate of drug-likeness (QED) is 0.805. The van der Waals surface area contributed by atoms with Gasteiger partial charge in [0, 0.05) is 11.9 Å². The molecule has 5 nitrogen and oxygen atoms in total. The number of thioether (sulfide) groups is 1. The number of aliphatic carboxylic acids is 1. The highest BCUT2D eigenvalue weighted by atomic mass is 32.2. The van der Waals surface area contributed by atoms with Gasteiger partial charge < -0.3 is 14.7 Å². The summed E-state index contributed by atoms with van der Waals surface area (Å²) in [4.78, 5) is 24.6. The van der Waals surface area contributed by atoms with Gasteiger partial charge in [-0.15, -0.1) is 11.8 Å². The summed E-state index contributed by atoms with van der Waals surface area (Å²) in [5.74, 6) is -0.828. The smallest absolute Gasteiger partial charge is 0.323 e. The second kappa shape index (κ2) is 7.04. The predicted molar refractivity (Wildman–Crippen MR) is 73.6 cm³/mol. The monoisotopic (exact) mass is 283 g/mol.